The molecule has 1 aromatic carbocycles. The highest BCUT2D eigenvalue weighted by molar-refractivity contribution is 7.99. The maximum absolute atomic E-state index is 13.4. The molecule has 1 aliphatic rings. The number of rotatable bonds is 3. The van der Waals surface area contributed by atoms with Crippen molar-refractivity contribution < 1.29 is 13.6 Å². The Morgan fingerprint density at radius 1 is 1.24 bits per heavy atom. The molecule has 0 aromatic heterocycles. The third-order valence-corrected chi connectivity index (χ3v) is 4.11. The molecule has 0 N–H and O–H groups in total. The Kier molecular flexibility index (Phi) is 4.15. The summed E-state index contributed by atoms with van der Waals surface area (Å²) in [6.45, 7) is 0. The average Bonchev–Trinajstić information content (AvgIpc) is 2.30. The van der Waals surface area contributed by atoms with Crippen molar-refractivity contribution in [3.8, 4) is 0 Å². The van der Waals surface area contributed by atoms with Gasteiger partial charge in [-0.3, -0.25) is 4.79 Å². The van der Waals surface area contributed by atoms with Crippen LogP contribution in [0.2, 0.25) is 0 Å². The zero-order chi connectivity index (χ0) is 12.3. The number of ketones is 1. The molecule has 1 saturated heterocycles. The van der Waals surface area contributed by atoms with Crippen LogP contribution in [-0.2, 0) is 0 Å². The summed E-state index contributed by atoms with van der Waals surface area (Å²) in [4.78, 5) is 11.9. The average molecular weight is 256 g/mol. The quantitative estimate of drug-likeness (QED) is 0.767. The van der Waals surface area contributed by atoms with Crippen LogP contribution in [0.1, 0.15) is 29.6 Å². The van der Waals surface area contributed by atoms with Crippen molar-refractivity contribution in [2.24, 2.45) is 5.92 Å². The highest BCUT2D eigenvalue weighted by atomic mass is 32.2. The van der Waals surface area contributed by atoms with Crippen LogP contribution in [-0.4, -0.2) is 17.3 Å². The number of hydrogen-bond donors (Lipinski definition) is 0. The molecule has 17 heavy (non-hydrogen) atoms. The molecular weight excluding hydrogens is 242 g/mol. The molecule has 1 fully saturated rings. The van der Waals surface area contributed by atoms with E-state index in [1.807, 2.05) is 11.8 Å². The van der Waals surface area contributed by atoms with Crippen LogP contribution in [0.25, 0.3) is 0 Å². The fourth-order valence-electron chi connectivity index (χ4n) is 2.08. The zero-order valence-electron chi connectivity index (χ0n) is 9.42. The van der Waals surface area contributed by atoms with Crippen molar-refractivity contribution in [3.05, 3.63) is 35.4 Å². The van der Waals surface area contributed by atoms with Gasteiger partial charge in [-0.25, -0.2) is 8.78 Å². The Balaban J connectivity index is 2.08. The topological polar surface area (TPSA) is 17.1 Å². The second-order valence-corrected chi connectivity index (χ2v) is 5.50. The largest absolute Gasteiger partial charge is 0.294 e. The third-order valence-electron chi connectivity index (χ3n) is 3.06. The van der Waals surface area contributed by atoms with Crippen LogP contribution < -0.4 is 0 Å². The maximum Gasteiger partial charge on any atom is 0.169 e. The van der Waals surface area contributed by atoms with E-state index in [0.29, 0.717) is 0 Å². The third kappa shape index (κ3) is 3.06. The molecule has 0 unspecified atom stereocenters. The van der Waals surface area contributed by atoms with Gasteiger partial charge < -0.3 is 0 Å². The monoisotopic (exact) mass is 256 g/mol. The van der Waals surface area contributed by atoms with Gasteiger partial charge in [0.15, 0.2) is 5.78 Å². The smallest absolute Gasteiger partial charge is 0.169 e. The second kappa shape index (κ2) is 5.63. The molecule has 2 rings (SSSR count). The van der Waals surface area contributed by atoms with Crippen molar-refractivity contribution in [3.63, 3.8) is 0 Å². The minimum atomic E-state index is -0.750. The minimum Gasteiger partial charge on any atom is -0.294 e. The Morgan fingerprint density at radius 2 is 1.82 bits per heavy atom. The summed E-state index contributed by atoms with van der Waals surface area (Å²) in [6, 6.07) is 3.54. The van der Waals surface area contributed by atoms with E-state index in [1.165, 1.54) is 6.07 Å². The first-order chi connectivity index (χ1) is 8.18. The van der Waals surface area contributed by atoms with Gasteiger partial charge in [0.1, 0.15) is 11.6 Å². The SMILES string of the molecule is O=C(CC1CCSCC1)c1c(F)cccc1F. The highest BCUT2D eigenvalue weighted by Gasteiger charge is 2.22. The van der Waals surface area contributed by atoms with Crippen molar-refractivity contribution in [1.82, 2.24) is 0 Å². The van der Waals surface area contributed by atoms with Gasteiger partial charge in [0, 0.05) is 6.42 Å². The van der Waals surface area contributed by atoms with Crippen molar-refractivity contribution in [2.45, 2.75) is 19.3 Å². The second-order valence-electron chi connectivity index (χ2n) is 4.28. The highest BCUT2D eigenvalue weighted by Crippen LogP contribution is 2.27. The molecule has 0 radical (unpaired) electrons. The van der Waals surface area contributed by atoms with Gasteiger partial charge in [-0.05, 0) is 42.4 Å². The van der Waals surface area contributed by atoms with Crippen LogP contribution in [0.3, 0.4) is 0 Å². The van der Waals surface area contributed by atoms with Gasteiger partial charge in [-0.1, -0.05) is 6.07 Å². The van der Waals surface area contributed by atoms with Gasteiger partial charge in [0.05, 0.1) is 5.56 Å². The number of carbonyl (C=O) groups is 1. The lowest BCUT2D eigenvalue weighted by Gasteiger charge is -2.20. The number of hydrogen-bond acceptors (Lipinski definition) is 2. The molecule has 0 spiro atoms. The number of thioether (sulfide) groups is 1. The molecule has 1 aliphatic heterocycles. The summed E-state index contributed by atoms with van der Waals surface area (Å²) in [5.41, 5.74) is -0.370. The van der Waals surface area contributed by atoms with Crippen LogP contribution in [0.5, 0.6) is 0 Å². The number of halogens is 2. The van der Waals surface area contributed by atoms with Gasteiger partial charge in [0.2, 0.25) is 0 Å². The molecule has 0 bridgehead atoms. The van der Waals surface area contributed by atoms with Gasteiger partial charge in [0.25, 0.3) is 0 Å². The van der Waals surface area contributed by atoms with Crippen molar-refractivity contribution in [2.75, 3.05) is 11.5 Å². The van der Waals surface area contributed by atoms with Gasteiger partial charge >= 0.3 is 0 Å². The van der Waals surface area contributed by atoms with Crippen molar-refractivity contribution >= 4 is 17.5 Å². The van der Waals surface area contributed by atoms with E-state index in [-0.39, 0.29) is 17.9 Å². The van der Waals surface area contributed by atoms with E-state index in [4.69, 9.17) is 0 Å². The van der Waals surface area contributed by atoms with E-state index in [9.17, 15) is 13.6 Å². The summed E-state index contributed by atoms with van der Waals surface area (Å²) >= 11 is 1.87. The number of Topliss-reactive ketones (excluding diaryl/α,β-unsaturated/α-hetero) is 1. The molecular formula is C13H14F2OS. The van der Waals surface area contributed by atoms with Crippen LogP contribution >= 0.6 is 11.8 Å². The molecule has 1 heterocycles. The first kappa shape index (κ1) is 12.6. The van der Waals surface area contributed by atoms with E-state index in [0.717, 1.165) is 36.5 Å². The summed E-state index contributed by atoms with van der Waals surface area (Å²) in [5.74, 6) is 0.454. The van der Waals surface area contributed by atoms with Crippen LogP contribution in [0.15, 0.2) is 18.2 Å². The number of benzene rings is 1. The molecule has 1 nitrogen and oxygen atoms in total. The molecule has 4 heteroatoms. The summed E-state index contributed by atoms with van der Waals surface area (Å²) < 4.78 is 26.8. The van der Waals surface area contributed by atoms with E-state index >= 15 is 0 Å². The Labute approximate surface area is 104 Å². The zero-order valence-corrected chi connectivity index (χ0v) is 10.2. The Hall–Kier alpha value is -0.900. The van der Waals surface area contributed by atoms with Crippen molar-refractivity contribution in [1.29, 1.82) is 0 Å². The Morgan fingerprint density at radius 3 is 2.41 bits per heavy atom. The lowest BCUT2D eigenvalue weighted by atomic mass is 9.93. The molecule has 1 aromatic rings. The van der Waals surface area contributed by atoms with Gasteiger partial charge in [-0.15, -0.1) is 0 Å². The lowest BCUT2D eigenvalue weighted by molar-refractivity contribution is 0.0950. The fraction of sp³-hybridized carbons (Fsp3) is 0.462. The Bertz CT molecular complexity index is 394. The molecule has 92 valence electrons. The predicted octanol–water partition coefficient (Wildman–Crippen LogP) is 3.68. The van der Waals surface area contributed by atoms with Gasteiger partial charge in [-0.2, -0.15) is 11.8 Å². The van der Waals surface area contributed by atoms with E-state index < -0.39 is 17.4 Å². The van der Waals surface area contributed by atoms with E-state index in [1.54, 1.807) is 0 Å². The summed E-state index contributed by atoms with van der Waals surface area (Å²) in [6.07, 6.45) is 2.19. The number of carbonyl (C=O) groups excluding carboxylic acids is 1. The molecule has 0 amide bonds. The minimum absolute atomic E-state index is 0.262. The molecule has 0 aliphatic carbocycles. The standard InChI is InChI=1S/C13H14F2OS/c14-10-2-1-3-11(15)13(10)12(16)8-9-4-6-17-7-5-9/h1-3,9H,4-8H2. The lowest BCUT2D eigenvalue weighted by Crippen LogP contribution is -2.16. The van der Waals surface area contributed by atoms with Crippen LogP contribution in [0.4, 0.5) is 8.78 Å². The predicted molar refractivity (Wildman–Crippen MR) is 65.4 cm³/mol. The summed E-state index contributed by atoms with van der Waals surface area (Å²) in [7, 11) is 0. The molecule has 0 saturated carbocycles. The van der Waals surface area contributed by atoms with E-state index in [2.05, 4.69) is 0 Å². The molecule has 0 atom stereocenters. The fourth-order valence-corrected chi connectivity index (χ4v) is 3.28. The first-order valence-electron chi connectivity index (χ1n) is 5.73. The maximum atomic E-state index is 13.4. The van der Waals surface area contributed by atoms with Crippen LogP contribution in [0, 0.1) is 17.6 Å². The normalized spacial score (nSPS) is 17.1. The summed E-state index contributed by atoms with van der Waals surface area (Å²) in [5, 5.41) is 0. The first-order valence-corrected chi connectivity index (χ1v) is 6.89.